The summed E-state index contributed by atoms with van der Waals surface area (Å²) in [6, 6.07) is 6.99. The van der Waals surface area contributed by atoms with Crippen molar-refractivity contribution in [1.82, 2.24) is 9.03 Å². The molecule has 6 nitrogen and oxygen atoms in total. The molecule has 0 aliphatic rings. The molecule has 0 aromatic heterocycles. The van der Waals surface area contributed by atoms with Gasteiger partial charge in [0.2, 0.25) is 0 Å². The minimum atomic E-state index is -3.67. The van der Waals surface area contributed by atoms with E-state index < -0.39 is 22.2 Å². The second-order valence-corrected chi connectivity index (χ2v) is 7.18. The highest BCUT2D eigenvalue weighted by molar-refractivity contribution is 9.10. The summed E-state index contributed by atoms with van der Waals surface area (Å²) in [6.07, 6.45) is 0.0112. The normalized spacial score (nSPS) is 13.2. The molecule has 0 aliphatic carbocycles. The molecule has 0 radical (unpaired) electrons. The van der Waals surface area contributed by atoms with Gasteiger partial charge in [-0.25, -0.2) is 0 Å². The topological polar surface area (TPSA) is 75.7 Å². The molecule has 8 heteroatoms. The number of carbonyl (C=O) groups is 1. The third kappa shape index (κ3) is 5.39. The van der Waals surface area contributed by atoms with E-state index in [2.05, 4.69) is 25.4 Å². The number of hydrogen-bond acceptors (Lipinski definition) is 4. The average Bonchev–Trinajstić information content (AvgIpc) is 2.44. The lowest BCUT2D eigenvalue weighted by atomic mass is 10.1. The van der Waals surface area contributed by atoms with Crippen molar-refractivity contribution >= 4 is 32.1 Å². The van der Waals surface area contributed by atoms with Crippen molar-refractivity contribution in [3.8, 4) is 0 Å². The number of halogens is 1. The minimum absolute atomic E-state index is 0.0112. The number of carbonyl (C=O) groups excluding carboxylic acids is 1. The van der Waals surface area contributed by atoms with Gasteiger partial charge in [-0.1, -0.05) is 34.1 Å². The predicted octanol–water partition coefficient (Wildman–Crippen LogP) is 1.84. The molecule has 0 unspecified atom stereocenters. The van der Waals surface area contributed by atoms with E-state index in [1.165, 1.54) is 14.2 Å². The van der Waals surface area contributed by atoms with Crippen molar-refractivity contribution < 1.29 is 17.9 Å². The smallest absolute Gasteiger partial charge is 0.306 e. The fourth-order valence-corrected chi connectivity index (χ4v) is 3.39. The Labute approximate surface area is 133 Å². The highest BCUT2D eigenvalue weighted by Crippen LogP contribution is 2.23. The fourth-order valence-electron chi connectivity index (χ4n) is 1.67. The Hall–Kier alpha value is -0.960. The standard InChI is InChI=1S/C13H19BrN2O4S/c1-10(11-6-4-5-7-12(11)14)15-21(18,19)16(2)9-8-13(17)20-3/h4-7,10,15H,8-9H2,1-3H3/t10-/m0/s1. The molecule has 1 atom stereocenters. The molecule has 0 heterocycles. The summed E-state index contributed by atoms with van der Waals surface area (Å²) in [5, 5.41) is 0. The van der Waals surface area contributed by atoms with E-state index >= 15 is 0 Å². The zero-order valence-corrected chi connectivity index (χ0v) is 14.6. The Morgan fingerprint density at radius 2 is 2.05 bits per heavy atom. The highest BCUT2D eigenvalue weighted by Gasteiger charge is 2.22. The van der Waals surface area contributed by atoms with E-state index in [9.17, 15) is 13.2 Å². The van der Waals surface area contributed by atoms with Gasteiger partial charge in [-0.15, -0.1) is 0 Å². The number of ether oxygens (including phenoxy) is 1. The van der Waals surface area contributed by atoms with Gasteiger partial charge in [0.25, 0.3) is 10.2 Å². The molecule has 1 aromatic rings. The quantitative estimate of drug-likeness (QED) is 0.734. The summed E-state index contributed by atoms with van der Waals surface area (Å²) in [4.78, 5) is 11.1. The first-order valence-corrected chi connectivity index (χ1v) is 8.56. The Morgan fingerprint density at radius 1 is 1.43 bits per heavy atom. The van der Waals surface area contributed by atoms with Crippen molar-refractivity contribution in [2.45, 2.75) is 19.4 Å². The molecule has 1 aromatic carbocycles. The second kappa shape index (κ2) is 7.88. The maximum Gasteiger partial charge on any atom is 0.306 e. The van der Waals surface area contributed by atoms with Crippen LogP contribution in [0, 0.1) is 0 Å². The van der Waals surface area contributed by atoms with Crippen molar-refractivity contribution in [3.05, 3.63) is 34.3 Å². The number of methoxy groups -OCH3 is 1. The molecule has 0 saturated heterocycles. The van der Waals surface area contributed by atoms with Gasteiger partial charge >= 0.3 is 5.97 Å². The summed E-state index contributed by atoms with van der Waals surface area (Å²) in [6.45, 7) is 1.82. The first-order chi connectivity index (χ1) is 9.77. The molecule has 0 saturated carbocycles. The van der Waals surface area contributed by atoms with Crippen LogP contribution in [-0.2, 0) is 19.7 Å². The summed E-state index contributed by atoms with van der Waals surface area (Å²) >= 11 is 3.39. The number of hydrogen-bond donors (Lipinski definition) is 1. The molecule has 1 N–H and O–H groups in total. The lowest BCUT2D eigenvalue weighted by molar-refractivity contribution is -0.140. The van der Waals surface area contributed by atoms with Crippen LogP contribution in [0.25, 0.3) is 0 Å². The van der Waals surface area contributed by atoms with Gasteiger partial charge in [0.15, 0.2) is 0 Å². The molecule has 1 rings (SSSR count). The predicted molar refractivity (Wildman–Crippen MR) is 83.9 cm³/mol. The van der Waals surface area contributed by atoms with Gasteiger partial charge in [-0.2, -0.15) is 17.4 Å². The molecule has 118 valence electrons. The molecule has 0 bridgehead atoms. The molecule has 0 spiro atoms. The maximum atomic E-state index is 12.2. The van der Waals surface area contributed by atoms with E-state index in [0.29, 0.717) is 0 Å². The van der Waals surface area contributed by atoms with Gasteiger partial charge in [0.05, 0.1) is 13.5 Å². The largest absolute Gasteiger partial charge is 0.469 e. The fraction of sp³-hybridized carbons (Fsp3) is 0.462. The first-order valence-electron chi connectivity index (χ1n) is 6.32. The van der Waals surface area contributed by atoms with Crippen molar-refractivity contribution in [2.75, 3.05) is 20.7 Å². The van der Waals surface area contributed by atoms with Crippen LogP contribution < -0.4 is 4.72 Å². The summed E-state index contributed by atoms with van der Waals surface area (Å²) < 4.78 is 33.3. The Kier molecular flexibility index (Phi) is 6.79. The Morgan fingerprint density at radius 3 is 2.62 bits per heavy atom. The molecular formula is C13H19BrN2O4S. The van der Waals surface area contributed by atoms with Crippen LogP contribution in [-0.4, -0.2) is 39.4 Å². The van der Waals surface area contributed by atoms with Crippen LogP contribution >= 0.6 is 15.9 Å². The molecule has 0 aliphatic heterocycles. The van der Waals surface area contributed by atoms with Crippen LogP contribution in [0.4, 0.5) is 0 Å². The number of nitrogens with one attached hydrogen (secondary N) is 1. The van der Waals surface area contributed by atoms with Gasteiger partial charge in [-0.3, -0.25) is 4.79 Å². The second-order valence-electron chi connectivity index (χ2n) is 4.51. The van der Waals surface area contributed by atoms with Crippen molar-refractivity contribution in [2.24, 2.45) is 0 Å². The number of rotatable bonds is 7. The van der Waals surface area contributed by atoms with Crippen LogP contribution in [0.1, 0.15) is 24.9 Å². The van der Waals surface area contributed by atoms with Crippen LogP contribution in [0.2, 0.25) is 0 Å². The van der Waals surface area contributed by atoms with E-state index in [1.54, 1.807) is 6.92 Å². The third-order valence-electron chi connectivity index (χ3n) is 2.97. The van der Waals surface area contributed by atoms with Crippen LogP contribution in [0.3, 0.4) is 0 Å². The van der Waals surface area contributed by atoms with Crippen molar-refractivity contribution in [3.63, 3.8) is 0 Å². The third-order valence-corrected chi connectivity index (χ3v) is 5.34. The Bertz CT molecular complexity index is 592. The SMILES string of the molecule is COC(=O)CCN(C)S(=O)(=O)N[C@@H](C)c1ccccc1Br. The summed E-state index contributed by atoms with van der Waals surface area (Å²) in [7, 11) is -0.991. The van der Waals surface area contributed by atoms with Gasteiger partial charge in [0.1, 0.15) is 0 Å². The number of benzene rings is 1. The first kappa shape index (κ1) is 18.1. The van der Waals surface area contributed by atoms with E-state index in [-0.39, 0.29) is 13.0 Å². The van der Waals surface area contributed by atoms with Gasteiger partial charge < -0.3 is 4.74 Å². The highest BCUT2D eigenvalue weighted by atomic mass is 79.9. The van der Waals surface area contributed by atoms with E-state index in [4.69, 9.17) is 0 Å². The van der Waals surface area contributed by atoms with Crippen LogP contribution in [0.5, 0.6) is 0 Å². The van der Waals surface area contributed by atoms with Crippen molar-refractivity contribution in [1.29, 1.82) is 0 Å². The summed E-state index contributed by atoms with van der Waals surface area (Å²) in [5.74, 6) is -0.448. The Balaban J connectivity index is 2.71. The molecule has 0 amide bonds. The van der Waals surface area contributed by atoms with Crippen LogP contribution in [0.15, 0.2) is 28.7 Å². The lowest BCUT2D eigenvalue weighted by Gasteiger charge is -2.21. The maximum absolute atomic E-state index is 12.2. The van der Waals surface area contributed by atoms with E-state index in [0.717, 1.165) is 14.3 Å². The minimum Gasteiger partial charge on any atom is -0.469 e. The number of nitrogens with zero attached hydrogens (tertiary/aromatic N) is 1. The monoisotopic (exact) mass is 378 g/mol. The molecular weight excluding hydrogens is 360 g/mol. The zero-order valence-electron chi connectivity index (χ0n) is 12.2. The molecule has 21 heavy (non-hydrogen) atoms. The van der Waals surface area contributed by atoms with E-state index in [1.807, 2.05) is 24.3 Å². The van der Waals surface area contributed by atoms with Gasteiger partial charge in [0, 0.05) is 24.1 Å². The average molecular weight is 379 g/mol. The lowest BCUT2D eigenvalue weighted by Crippen LogP contribution is -2.40. The zero-order chi connectivity index (χ0) is 16.0. The molecule has 0 fully saturated rings. The van der Waals surface area contributed by atoms with Gasteiger partial charge in [-0.05, 0) is 18.6 Å². The summed E-state index contributed by atoms with van der Waals surface area (Å²) in [5.41, 5.74) is 0.836. The number of esters is 1.